The van der Waals surface area contributed by atoms with Gasteiger partial charge in [-0.05, 0) is 31.5 Å². The number of benzene rings is 2. The van der Waals surface area contributed by atoms with E-state index in [1.54, 1.807) is 30.3 Å². The van der Waals surface area contributed by atoms with E-state index >= 15 is 0 Å². The number of nitrogens with zero attached hydrogens (tertiary/aromatic N) is 1. The molecule has 1 unspecified atom stereocenters. The van der Waals surface area contributed by atoms with Gasteiger partial charge in [0.25, 0.3) is 10.0 Å². The lowest BCUT2D eigenvalue weighted by atomic mass is 9.86. The molecule has 2 aromatic carbocycles. The number of carbonyl (C=O) groups is 1. The van der Waals surface area contributed by atoms with Gasteiger partial charge in [-0.25, -0.2) is 17.2 Å². The Morgan fingerprint density at radius 1 is 1.10 bits per heavy atom. The summed E-state index contributed by atoms with van der Waals surface area (Å²) in [6.07, 6.45) is 2.48. The molecule has 29 heavy (non-hydrogen) atoms. The molecule has 0 amide bonds. The summed E-state index contributed by atoms with van der Waals surface area (Å²) in [5.41, 5.74) is 2.61. The van der Waals surface area contributed by atoms with Gasteiger partial charge >= 0.3 is 5.97 Å². The maximum absolute atomic E-state index is 13.8. The van der Waals surface area contributed by atoms with Crippen molar-refractivity contribution in [3.8, 4) is 0 Å². The minimum Gasteiger partial charge on any atom is -0.465 e. The fourth-order valence-electron chi connectivity index (χ4n) is 4.07. The number of fused-ring (bicyclic) bond motifs is 3. The van der Waals surface area contributed by atoms with Gasteiger partial charge in [-0.15, -0.1) is 0 Å². The van der Waals surface area contributed by atoms with Crippen LogP contribution in [0.5, 0.6) is 0 Å². The van der Waals surface area contributed by atoms with Crippen molar-refractivity contribution >= 4 is 32.5 Å². The summed E-state index contributed by atoms with van der Waals surface area (Å²) in [6.45, 7) is 5.86. The average Bonchev–Trinajstić information content (AvgIpc) is 3.22. The molecule has 3 aromatic rings. The SMILES string of the molecule is CCC1(C)C=C(C(=O)OC)c2c1n(S(=O)(=O)c1ccc(C)cc1)c1ccccc21. The zero-order valence-corrected chi connectivity index (χ0v) is 17.7. The Morgan fingerprint density at radius 2 is 1.76 bits per heavy atom. The van der Waals surface area contributed by atoms with Crippen LogP contribution in [0.25, 0.3) is 16.5 Å². The van der Waals surface area contributed by atoms with Crippen LogP contribution >= 0.6 is 0 Å². The number of esters is 1. The van der Waals surface area contributed by atoms with Gasteiger partial charge in [0.2, 0.25) is 0 Å². The quantitative estimate of drug-likeness (QED) is 0.598. The van der Waals surface area contributed by atoms with Gasteiger partial charge in [0, 0.05) is 16.4 Å². The van der Waals surface area contributed by atoms with E-state index in [2.05, 4.69) is 0 Å². The smallest absolute Gasteiger partial charge is 0.338 e. The Hall–Kier alpha value is -2.86. The molecule has 1 aliphatic carbocycles. The molecule has 0 saturated carbocycles. The molecule has 5 nitrogen and oxygen atoms in total. The van der Waals surface area contributed by atoms with Gasteiger partial charge in [0.05, 0.1) is 28.8 Å². The molecule has 4 rings (SSSR count). The third-order valence-electron chi connectivity index (χ3n) is 5.80. The number of hydrogen-bond acceptors (Lipinski definition) is 4. The summed E-state index contributed by atoms with van der Waals surface area (Å²) >= 11 is 0. The highest BCUT2D eigenvalue weighted by molar-refractivity contribution is 7.90. The van der Waals surface area contributed by atoms with E-state index in [0.717, 1.165) is 10.9 Å². The summed E-state index contributed by atoms with van der Waals surface area (Å²) in [5, 5.41) is 0.729. The van der Waals surface area contributed by atoms with E-state index in [0.29, 0.717) is 28.8 Å². The van der Waals surface area contributed by atoms with Crippen LogP contribution in [0.3, 0.4) is 0 Å². The van der Waals surface area contributed by atoms with E-state index < -0.39 is 21.4 Å². The van der Waals surface area contributed by atoms with Gasteiger partial charge in [0.1, 0.15) is 0 Å². The standard InChI is InChI=1S/C23H23NO4S/c1-5-23(3)14-18(22(25)28-4)20-17-8-6-7-9-19(17)24(21(20)23)29(26,27)16-12-10-15(2)11-13-16/h6-14H,5H2,1-4H3. The molecule has 0 radical (unpaired) electrons. The fourth-order valence-corrected chi connectivity index (χ4v) is 5.72. The molecule has 0 bridgehead atoms. The largest absolute Gasteiger partial charge is 0.465 e. The Balaban J connectivity index is 2.13. The van der Waals surface area contributed by atoms with Crippen LogP contribution in [0.2, 0.25) is 0 Å². The maximum Gasteiger partial charge on any atom is 0.338 e. The number of aromatic nitrogens is 1. The van der Waals surface area contributed by atoms with E-state index in [1.807, 2.05) is 45.0 Å². The topological polar surface area (TPSA) is 65.4 Å². The van der Waals surface area contributed by atoms with Gasteiger partial charge < -0.3 is 4.74 Å². The molecule has 0 aliphatic heterocycles. The van der Waals surface area contributed by atoms with Crippen LogP contribution in [0, 0.1) is 6.92 Å². The van der Waals surface area contributed by atoms with Crippen molar-refractivity contribution in [3.63, 3.8) is 0 Å². The van der Waals surface area contributed by atoms with E-state index in [4.69, 9.17) is 4.74 Å². The van der Waals surface area contributed by atoms with E-state index in [-0.39, 0.29) is 4.90 Å². The van der Waals surface area contributed by atoms with Crippen LogP contribution in [0.15, 0.2) is 59.5 Å². The first kappa shape index (κ1) is 19.5. The Labute approximate surface area is 170 Å². The second-order valence-electron chi connectivity index (χ2n) is 7.64. The van der Waals surface area contributed by atoms with Crippen molar-refractivity contribution in [2.45, 2.75) is 37.5 Å². The Morgan fingerprint density at radius 3 is 2.38 bits per heavy atom. The fraction of sp³-hybridized carbons (Fsp3) is 0.261. The molecule has 1 aliphatic rings. The summed E-state index contributed by atoms with van der Waals surface area (Å²) in [6, 6.07) is 14.1. The highest BCUT2D eigenvalue weighted by Crippen LogP contribution is 2.49. The van der Waals surface area contributed by atoms with Crippen LogP contribution in [0.4, 0.5) is 0 Å². The average molecular weight is 410 g/mol. The molecule has 1 heterocycles. The molecule has 1 aromatic heterocycles. The van der Waals surface area contributed by atoms with Crippen molar-refractivity contribution in [2.24, 2.45) is 0 Å². The lowest BCUT2D eigenvalue weighted by Crippen LogP contribution is -2.25. The van der Waals surface area contributed by atoms with Gasteiger partial charge in [-0.1, -0.05) is 55.8 Å². The van der Waals surface area contributed by atoms with Crippen LogP contribution in [-0.2, 0) is 25.0 Å². The first-order valence-corrected chi connectivity index (χ1v) is 11.0. The lowest BCUT2D eigenvalue weighted by molar-refractivity contribution is -0.133. The highest BCUT2D eigenvalue weighted by Gasteiger charge is 2.43. The second-order valence-corrected chi connectivity index (χ2v) is 9.43. The number of hydrogen-bond donors (Lipinski definition) is 0. The van der Waals surface area contributed by atoms with E-state index in [9.17, 15) is 13.2 Å². The molecular weight excluding hydrogens is 386 g/mol. The van der Waals surface area contributed by atoms with Crippen LogP contribution in [0.1, 0.15) is 37.1 Å². The molecule has 150 valence electrons. The summed E-state index contributed by atoms with van der Waals surface area (Å²) < 4.78 is 33.9. The van der Waals surface area contributed by atoms with Crippen molar-refractivity contribution in [1.29, 1.82) is 0 Å². The molecule has 0 spiro atoms. The first-order valence-electron chi connectivity index (χ1n) is 9.52. The van der Waals surface area contributed by atoms with Crippen molar-refractivity contribution < 1.29 is 17.9 Å². The number of carbonyl (C=O) groups excluding carboxylic acids is 1. The number of aryl methyl sites for hydroxylation is 1. The van der Waals surface area contributed by atoms with Crippen LogP contribution in [-0.4, -0.2) is 25.5 Å². The van der Waals surface area contributed by atoms with Crippen molar-refractivity contribution in [1.82, 2.24) is 3.97 Å². The first-order chi connectivity index (χ1) is 13.7. The minimum atomic E-state index is -3.87. The lowest BCUT2D eigenvalue weighted by Gasteiger charge is -2.24. The third kappa shape index (κ3) is 2.74. The zero-order valence-electron chi connectivity index (χ0n) is 16.9. The normalized spacial score (nSPS) is 18.6. The van der Waals surface area contributed by atoms with Gasteiger partial charge in [-0.3, -0.25) is 0 Å². The zero-order chi connectivity index (χ0) is 21.0. The molecular formula is C23H23NO4S. The summed E-state index contributed by atoms with van der Waals surface area (Å²) in [4.78, 5) is 12.8. The molecule has 0 N–H and O–H groups in total. The minimum absolute atomic E-state index is 0.219. The molecule has 0 fully saturated rings. The predicted molar refractivity (Wildman–Crippen MR) is 113 cm³/mol. The predicted octanol–water partition coefficient (Wildman–Crippen LogP) is 4.42. The number of para-hydroxylation sites is 1. The Bertz CT molecular complexity index is 1270. The molecule has 1 atom stereocenters. The maximum atomic E-state index is 13.8. The molecule has 0 saturated heterocycles. The summed E-state index contributed by atoms with van der Waals surface area (Å²) in [5.74, 6) is -0.459. The monoisotopic (exact) mass is 409 g/mol. The van der Waals surface area contributed by atoms with Gasteiger partial charge in [-0.2, -0.15) is 0 Å². The third-order valence-corrected chi connectivity index (χ3v) is 7.53. The van der Waals surface area contributed by atoms with Crippen molar-refractivity contribution in [3.05, 3.63) is 71.4 Å². The Kier molecular flexibility index (Phi) is 4.42. The van der Waals surface area contributed by atoms with Gasteiger partial charge in [0.15, 0.2) is 0 Å². The van der Waals surface area contributed by atoms with Crippen molar-refractivity contribution in [2.75, 3.05) is 7.11 Å². The van der Waals surface area contributed by atoms with E-state index in [1.165, 1.54) is 11.1 Å². The summed E-state index contributed by atoms with van der Waals surface area (Å²) in [7, 11) is -2.53. The number of allylic oxidation sites excluding steroid dienone is 1. The number of ether oxygens (including phenoxy) is 1. The number of methoxy groups -OCH3 is 1. The second kappa shape index (κ2) is 6.59. The number of rotatable bonds is 4. The van der Waals surface area contributed by atoms with Crippen LogP contribution < -0.4 is 0 Å². The highest BCUT2D eigenvalue weighted by atomic mass is 32.2. The molecule has 6 heteroatoms.